The quantitative estimate of drug-likeness (QED) is 0.592. The first-order valence-electron chi connectivity index (χ1n) is 8.52. The number of carbonyl (C=O) groups is 2. The second kappa shape index (κ2) is 8.89. The Morgan fingerprint density at radius 1 is 1.29 bits per heavy atom. The van der Waals surface area contributed by atoms with E-state index in [1.54, 1.807) is 25.3 Å². The molecule has 1 unspecified atom stereocenters. The summed E-state index contributed by atoms with van der Waals surface area (Å²) in [5.41, 5.74) is 0.770. The lowest BCUT2D eigenvalue weighted by Gasteiger charge is -2.13. The van der Waals surface area contributed by atoms with Gasteiger partial charge in [-0.05, 0) is 31.4 Å². The Balaban J connectivity index is 1.71. The summed E-state index contributed by atoms with van der Waals surface area (Å²) in [6.45, 7) is 3.63. The Morgan fingerprint density at radius 3 is 2.82 bits per heavy atom. The van der Waals surface area contributed by atoms with Gasteiger partial charge in [-0.3, -0.25) is 14.4 Å². The zero-order chi connectivity index (χ0) is 20.1. The van der Waals surface area contributed by atoms with Crippen LogP contribution in [0.15, 0.2) is 39.8 Å². The number of esters is 1. The Bertz CT molecular complexity index is 1030. The van der Waals surface area contributed by atoms with Crippen LogP contribution in [-0.2, 0) is 20.7 Å². The van der Waals surface area contributed by atoms with Gasteiger partial charge in [0, 0.05) is 11.4 Å². The van der Waals surface area contributed by atoms with Crippen molar-refractivity contribution in [1.29, 1.82) is 0 Å². The number of hydrogen-bond acceptors (Lipinski definition) is 8. The smallest absolute Gasteiger partial charge is 0.311 e. The number of rotatable bonds is 7. The molecule has 0 saturated carbocycles. The maximum atomic E-state index is 12.6. The van der Waals surface area contributed by atoms with E-state index in [0.29, 0.717) is 23.1 Å². The zero-order valence-corrected chi connectivity index (χ0v) is 16.9. The lowest BCUT2D eigenvalue weighted by molar-refractivity contribution is -0.142. The first-order chi connectivity index (χ1) is 13.5. The van der Waals surface area contributed by atoms with Crippen molar-refractivity contribution in [2.75, 3.05) is 11.9 Å². The van der Waals surface area contributed by atoms with Crippen molar-refractivity contribution in [3.63, 3.8) is 0 Å². The molecule has 1 atom stereocenters. The summed E-state index contributed by atoms with van der Waals surface area (Å²) in [4.78, 5) is 41.4. The molecule has 0 aliphatic heterocycles. The van der Waals surface area contributed by atoms with Gasteiger partial charge >= 0.3 is 5.97 Å². The van der Waals surface area contributed by atoms with Gasteiger partial charge in [0.15, 0.2) is 5.13 Å². The summed E-state index contributed by atoms with van der Waals surface area (Å²) < 4.78 is 6.03. The highest BCUT2D eigenvalue weighted by atomic mass is 32.1. The molecule has 10 heteroatoms. The van der Waals surface area contributed by atoms with E-state index in [1.807, 2.05) is 17.5 Å². The summed E-state index contributed by atoms with van der Waals surface area (Å²) in [6.07, 6.45) is 0.0413. The number of hydrogen-bond donors (Lipinski definition) is 1. The SMILES string of the molecule is CCOC(=O)Cc1csc(NC(=O)C(C)n2nc(-c3cccs3)ccc2=O)n1. The molecule has 3 heterocycles. The van der Waals surface area contributed by atoms with Gasteiger partial charge in [0.25, 0.3) is 11.5 Å². The van der Waals surface area contributed by atoms with Crippen LogP contribution in [0.2, 0.25) is 0 Å². The molecule has 1 amide bonds. The van der Waals surface area contributed by atoms with Crippen LogP contribution in [0.5, 0.6) is 0 Å². The highest BCUT2D eigenvalue weighted by Crippen LogP contribution is 2.22. The number of nitrogens with one attached hydrogen (secondary N) is 1. The summed E-state index contributed by atoms with van der Waals surface area (Å²) in [7, 11) is 0. The molecule has 3 rings (SSSR count). The van der Waals surface area contributed by atoms with Crippen LogP contribution in [0.3, 0.4) is 0 Å². The molecule has 0 radical (unpaired) electrons. The molecule has 0 bridgehead atoms. The Morgan fingerprint density at radius 2 is 2.11 bits per heavy atom. The number of thiophene rings is 1. The zero-order valence-electron chi connectivity index (χ0n) is 15.2. The first-order valence-corrected chi connectivity index (χ1v) is 10.3. The number of ether oxygens (including phenoxy) is 1. The van der Waals surface area contributed by atoms with Crippen molar-refractivity contribution in [2.45, 2.75) is 26.3 Å². The van der Waals surface area contributed by atoms with Crippen LogP contribution >= 0.6 is 22.7 Å². The monoisotopic (exact) mass is 418 g/mol. The third kappa shape index (κ3) is 4.70. The van der Waals surface area contributed by atoms with Crippen molar-refractivity contribution < 1.29 is 14.3 Å². The van der Waals surface area contributed by atoms with E-state index in [0.717, 1.165) is 9.56 Å². The Hall–Kier alpha value is -2.85. The maximum absolute atomic E-state index is 12.6. The number of amides is 1. The van der Waals surface area contributed by atoms with Crippen LogP contribution in [-0.4, -0.2) is 33.2 Å². The van der Waals surface area contributed by atoms with Crippen LogP contribution in [0, 0.1) is 0 Å². The van der Waals surface area contributed by atoms with Crippen LogP contribution in [0.4, 0.5) is 5.13 Å². The van der Waals surface area contributed by atoms with Crippen molar-refractivity contribution in [2.24, 2.45) is 0 Å². The Labute approximate surface area is 168 Å². The molecule has 0 aliphatic rings. The molecule has 1 N–H and O–H groups in total. The third-order valence-corrected chi connectivity index (χ3v) is 5.46. The molecule has 0 aromatic carbocycles. The molecule has 3 aromatic rings. The van der Waals surface area contributed by atoms with Crippen molar-refractivity contribution >= 4 is 39.7 Å². The van der Waals surface area contributed by atoms with Crippen LogP contribution in [0.25, 0.3) is 10.6 Å². The van der Waals surface area contributed by atoms with E-state index in [-0.39, 0.29) is 17.9 Å². The molecule has 0 fully saturated rings. The average molecular weight is 419 g/mol. The van der Waals surface area contributed by atoms with E-state index in [9.17, 15) is 14.4 Å². The molecule has 8 nitrogen and oxygen atoms in total. The highest BCUT2D eigenvalue weighted by molar-refractivity contribution is 7.14. The van der Waals surface area contributed by atoms with Crippen LogP contribution in [0.1, 0.15) is 25.6 Å². The predicted octanol–water partition coefficient (Wildman–Crippen LogP) is 2.73. The largest absolute Gasteiger partial charge is 0.466 e. The van der Waals surface area contributed by atoms with E-state index >= 15 is 0 Å². The lowest BCUT2D eigenvalue weighted by Crippen LogP contribution is -2.33. The van der Waals surface area contributed by atoms with Crippen molar-refractivity contribution in [3.8, 4) is 10.6 Å². The molecule has 28 heavy (non-hydrogen) atoms. The van der Waals surface area contributed by atoms with E-state index in [2.05, 4.69) is 15.4 Å². The Kier molecular flexibility index (Phi) is 6.32. The summed E-state index contributed by atoms with van der Waals surface area (Å²) in [5, 5.41) is 10.9. The van der Waals surface area contributed by atoms with Gasteiger partial charge in [0.2, 0.25) is 0 Å². The minimum Gasteiger partial charge on any atom is -0.466 e. The fourth-order valence-electron chi connectivity index (χ4n) is 2.38. The van der Waals surface area contributed by atoms with Gasteiger partial charge in [-0.15, -0.1) is 22.7 Å². The molecular weight excluding hydrogens is 400 g/mol. The van der Waals surface area contributed by atoms with Crippen molar-refractivity contribution in [1.82, 2.24) is 14.8 Å². The number of anilines is 1. The summed E-state index contributed by atoms with van der Waals surface area (Å²) >= 11 is 2.70. The van der Waals surface area contributed by atoms with Gasteiger partial charge in [0.05, 0.1) is 23.6 Å². The number of thiazole rings is 1. The molecule has 146 valence electrons. The molecule has 3 aromatic heterocycles. The molecule has 0 saturated heterocycles. The fraction of sp³-hybridized carbons (Fsp3) is 0.278. The van der Waals surface area contributed by atoms with E-state index in [1.165, 1.54) is 28.7 Å². The predicted molar refractivity (Wildman–Crippen MR) is 108 cm³/mol. The van der Waals surface area contributed by atoms with Gasteiger partial charge in [-0.25, -0.2) is 9.67 Å². The standard InChI is InChI=1S/C18H18N4O4S2/c1-3-26-16(24)9-12-10-28-18(19-12)20-17(25)11(2)22-15(23)7-6-13(21-22)14-5-4-8-27-14/h4-8,10-11H,3,9H2,1-2H3,(H,19,20,25). The maximum Gasteiger partial charge on any atom is 0.311 e. The number of nitrogens with zero attached hydrogens (tertiary/aromatic N) is 3. The molecular formula is C18H18N4O4S2. The van der Waals surface area contributed by atoms with Crippen LogP contribution < -0.4 is 10.9 Å². The highest BCUT2D eigenvalue weighted by Gasteiger charge is 2.20. The molecule has 0 aliphatic carbocycles. The van der Waals surface area contributed by atoms with E-state index < -0.39 is 11.9 Å². The average Bonchev–Trinajstić information content (AvgIpc) is 3.34. The normalized spacial score (nSPS) is 11.8. The first kappa shape index (κ1) is 19.9. The van der Waals surface area contributed by atoms with Gasteiger partial charge in [0.1, 0.15) is 11.7 Å². The summed E-state index contributed by atoms with van der Waals surface area (Å²) in [5.74, 6) is -0.796. The minimum absolute atomic E-state index is 0.0413. The number of carbonyl (C=O) groups excluding carboxylic acids is 2. The minimum atomic E-state index is -0.829. The topological polar surface area (TPSA) is 103 Å². The van der Waals surface area contributed by atoms with E-state index in [4.69, 9.17) is 4.74 Å². The van der Waals surface area contributed by atoms with Gasteiger partial charge in [-0.1, -0.05) is 6.07 Å². The fourth-order valence-corrected chi connectivity index (χ4v) is 3.79. The lowest BCUT2D eigenvalue weighted by atomic mass is 10.3. The van der Waals surface area contributed by atoms with Crippen molar-refractivity contribution in [3.05, 3.63) is 51.1 Å². The van der Waals surface area contributed by atoms with Gasteiger partial charge < -0.3 is 10.1 Å². The second-order valence-corrected chi connectivity index (χ2v) is 7.58. The second-order valence-electron chi connectivity index (χ2n) is 5.77. The third-order valence-electron chi connectivity index (χ3n) is 3.76. The number of aromatic nitrogens is 3. The summed E-state index contributed by atoms with van der Waals surface area (Å²) in [6, 6.07) is 5.99. The van der Waals surface area contributed by atoms with Gasteiger partial charge in [-0.2, -0.15) is 5.10 Å². The molecule has 0 spiro atoms.